The van der Waals surface area contributed by atoms with Crippen LogP contribution in [0.4, 0.5) is 0 Å². The molecule has 0 bridgehead atoms. The van der Waals surface area contributed by atoms with Gasteiger partial charge >= 0.3 is 0 Å². The second-order valence-corrected chi connectivity index (χ2v) is 7.52. The molecule has 2 rings (SSSR count). The second-order valence-electron chi connectivity index (χ2n) is 4.97. The maximum absolute atomic E-state index is 3.70. The summed E-state index contributed by atoms with van der Waals surface area (Å²) in [5.74, 6) is 0.893. The van der Waals surface area contributed by atoms with E-state index in [1.165, 1.54) is 47.2 Å². The normalized spacial score (nSPS) is 19.4. The summed E-state index contributed by atoms with van der Waals surface area (Å²) in [6.07, 6.45) is 8.35. The molecule has 1 aliphatic carbocycles. The van der Waals surface area contributed by atoms with Gasteiger partial charge in [0.05, 0.1) is 3.79 Å². The molecule has 1 heterocycles. The highest BCUT2D eigenvalue weighted by atomic mass is 79.9. The van der Waals surface area contributed by atoms with Crippen LogP contribution in [0, 0.1) is 5.92 Å². The molecule has 3 heteroatoms. The molecule has 1 unspecified atom stereocenters. The third-order valence-corrected chi connectivity index (χ3v) is 5.38. The van der Waals surface area contributed by atoms with Crippen molar-refractivity contribution in [2.45, 2.75) is 51.5 Å². The van der Waals surface area contributed by atoms with Gasteiger partial charge in [0.15, 0.2) is 0 Å². The summed E-state index contributed by atoms with van der Waals surface area (Å²) in [4.78, 5) is 1.51. The van der Waals surface area contributed by atoms with E-state index >= 15 is 0 Å². The topological polar surface area (TPSA) is 12.0 Å². The van der Waals surface area contributed by atoms with Gasteiger partial charge in [0, 0.05) is 10.9 Å². The van der Waals surface area contributed by atoms with Crippen molar-refractivity contribution in [3.63, 3.8) is 0 Å². The molecule has 0 amide bonds. The van der Waals surface area contributed by atoms with E-state index in [0.717, 1.165) is 12.5 Å². The van der Waals surface area contributed by atoms with Crippen LogP contribution in [0.25, 0.3) is 0 Å². The van der Waals surface area contributed by atoms with Gasteiger partial charge in [-0.1, -0.05) is 26.2 Å². The first-order valence-electron chi connectivity index (χ1n) is 6.77. The molecule has 1 aromatic rings. The number of hydrogen-bond donors (Lipinski definition) is 1. The molecular weight excluding hydrogens is 294 g/mol. The lowest BCUT2D eigenvalue weighted by Gasteiger charge is -2.30. The first-order chi connectivity index (χ1) is 8.29. The monoisotopic (exact) mass is 315 g/mol. The zero-order chi connectivity index (χ0) is 12.1. The zero-order valence-corrected chi connectivity index (χ0v) is 12.9. The Morgan fingerprint density at radius 3 is 2.71 bits per heavy atom. The molecule has 0 saturated heterocycles. The second kappa shape index (κ2) is 6.91. The highest BCUT2D eigenvalue weighted by Gasteiger charge is 2.23. The minimum absolute atomic E-state index is 0.686. The van der Waals surface area contributed by atoms with Crippen molar-refractivity contribution in [3.8, 4) is 0 Å². The van der Waals surface area contributed by atoms with Crippen molar-refractivity contribution >= 4 is 27.3 Å². The molecule has 17 heavy (non-hydrogen) atoms. The minimum Gasteiger partial charge on any atom is -0.314 e. The molecule has 0 radical (unpaired) electrons. The summed E-state index contributed by atoms with van der Waals surface area (Å²) >= 11 is 5.44. The Morgan fingerprint density at radius 2 is 2.12 bits per heavy atom. The number of likely N-dealkylation sites (N-methyl/N-ethyl adjacent to an activating group) is 1. The van der Waals surface area contributed by atoms with Crippen molar-refractivity contribution < 1.29 is 0 Å². The van der Waals surface area contributed by atoms with Gasteiger partial charge in [0.25, 0.3) is 0 Å². The molecule has 1 atom stereocenters. The number of hydrogen-bond acceptors (Lipinski definition) is 2. The highest BCUT2D eigenvalue weighted by molar-refractivity contribution is 9.11. The largest absolute Gasteiger partial charge is 0.314 e. The van der Waals surface area contributed by atoms with Gasteiger partial charge in [-0.25, -0.2) is 0 Å². The lowest BCUT2D eigenvalue weighted by molar-refractivity contribution is 0.270. The molecule has 1 aliphatic rings. The van der Waals surface area contributed by atoms with Crippen LogP contribution in [-0.4, -0.2) is 12.6 Å². The van der Waals surface area contributed by atoms with E-state index < -0.39 is 0 Å². The van der Waals surface area contributed by atoms with Crippen LogP contribution in [-0.2, 0) is 6.42 Å². The number of nitrogens with one attached hydrogen (secondary N) is 1. The Bertz CT molecular complexity index is 331. The van der Waals surface area contributed by atoms with E-state index in [1.807, 2.05) is 11.3 Å². The quantitative estimate of drug-likeness (QED) is 0.836. The molecule has 1 fully saturated rings. The van der Waals surface area contributed by atoms with Crippen molar-refractivity contribution in [2.24, 2.45) is 5.92 Å². The van der Waals surface area contributed by atoms with Crippen LogP contribution >= 0.6 is 27.3 Å². The van der Waals surface area contributed by atoms with Crippen molar-refractivity contribution in [3.05, 3.63) is 20.8 Å². The first kappa shape index (κ1) is 13.6. The molecule has 0 aliphatic heterocycles. The standard InChI is InChI=1S/C14H22BrNS/c1-2-16-13(11-6-4-3-5-7-11)10-12-8-9-14(15)17-12/h8-9,11,13,16H,2-7,10H2,1H3. The number of thiophene rings is 1. The molecule has 1 nitrogen and oxygen atoms in total. The van der Waals surface area contributed by atoms with E-state index in [2.05, 4.69) is 40.3 Å². The average molecular weight is 316 g/mol. The fourth-order valence-corrected chi connectivity index (χ4v) is 4.42. The smallest absolute Gasteiger partial charge is 0.0701 e. The van der Waals surface area contributed by atoms with Crippen molar-refractivity contribution in [2.75, 3.05) is 6.54 Å². The van der Waals surface area contributed by atoms with E-state index in [-0.39, 0.29) is 0 Å². The number of rotatable bonds is 5. The Morgan fingerprint density at radius 1 is 1.35 bits per heavy atom. The highest BCUT2D eigenvalue weighted by Crippen LogP contribution is 2.30. The summed E-state index contributed by atoms with van der Waals surface area (Å²) in [5.41, 5.74) is 0. The van der Waals surface area contributed by atoms with Gasteiger partial charge < -0.3 is 5.32 Å². The summed E-state index contributed by atoms with van der Waals surface area (Å²) in [7, 11) is 0. The molecule has 1 N–H and O–H groups in total. The van der Waals surface area contributed by atoms with Gasteiger partial charge in [-0.15, -0.1) is 11.3 Å². The molecular formula is C14H22BrNS. The van der Waals surface area contributed by atoms with Crippen LogP contribution in [0.1, 0.15) is 43.9 Å². The lowest BCUT2D eigenvalue weighted by Crippen LogP contribution is -2.38. The molecule has 1 aromatic heterocycles. The first-order valence-corrected chi connectivity index (χ1v) is 8.38. The third kappa shape index (κ3) is 4.08. The van der Waals surface area contributed by atoms with E-state index in [4.69, 9.17) is 0 Å². The predicted molar refractivity (Wildman–Crippen MR) is 79.8 cm³/mol. The van der Waals surface area contributed by atoms with Crippen LogP contribution in [0.15, 0.2) is 15.9 Å². The lowest BCUT2D eigenvalue weighted by atomic mass is 9.82. The minimum atomic E-state index is 0.686. The van der Waals surface area contributed by atoms with Gasteiger partial charge in [0.1, 0.15) is 0 Å². The Balaban J connectivity index is 1.95. The SMILES string of the molecule is CCNC(Cc1ccc(Br)s1)C1CCCCC1. The summed E-state index contributed by atoms with van der Waals surface area (Å²) in [6, 6.07) is 5.12. The zero-order valence-electron chi connectivity index (χ0n) is 10.5. The fraction of sp³-hybridized carbons (Fsp3) is 0.714. The summed E-state index contributed by atoms with van der Waals surface area (Å²) in [6.45, 7) is 3.31. The third-order valence-electron chi connectivity index (χ3n) is 3.74. The van der Waals surface area contributed by atoms with Crippen molar-refractivity contribution in [1.82, 2.24) is 5.32 Å². The maximum Gasteiger partial charge on any atom is 0.0701 e. The fourth-order valence-electron chi connectivity index (χ4n) is 2.88. The summed E-state index contributed by atoms with van der Waals surface area (Å²) < 4.78 is 1.26. The van der Waals surface area contributed by atoms with Crippen LogP contribution in [0.2, 0.25) is 0 Å². The Labute approximate surface area is 117 Å². The Hall–Kier alpha value is 0.140. The van der Waals surface area contributed by atoms with Gasteiger partial charge in [-0.2, -0.15) is 0 Å². The molecule has 0 aromatic carbocycles. The van der Waals surface area contributed by atoms with Gasteiger partial charge in [-0.3, -0.25) is 0 Å². The summed E-state index contributed by atoms with van der Waals surface area (Å²) in [5, 5.41) is 3.70. The Kier molecular flexibility index (Phi) is 5.51. The van der Waals surface area contributed by atoms with Gasteiger partial charge in [0.2, 0.25) is 0 Å². The van der Waals surface area contributed by atoms with Crippen LogP contribution in [0.3, 0.4) is 0 Å². The van der Waals surface area contributed by atoms with E-state index in [1.54, 1.807) is 0 Å². The van der Waals surface area contributed by atoms with E-state index in [9.17, 15) is 0 Å². The van der Waals surface area contributed by atoms with Crippen LogP contribution < -0.4 is 5.32 Å². The maximum atomic E-state index is 3.70. The molecule has 96 valence electrons. The van der Waals surface area contributed by atoms with Crippen molar-refractivity contribution in [1.29, 1.82) is 0 Å². The molecule has 1 saturated carbocycles. The van der Waals surface area contributed by atoms with Gasteiger partial charge in [-0.05, 0) is 59.8 Å². The van der Waals surface area contributed by atoms with E-state index in [0.29, 0.717) is 6.04 Å². The van der Waals surface area contributed by atoms with Crippen LogP contribution in [0.5, 0.6) is 0 Å². The molecule has 0 spiro atoms. The average Bonchev–Trinajstić information content (AvgIpc) is 2.75. The predicted octanol–water partition coefficient (Wildman–Crippen LogP) is 4.61. The number of halogens is 1.